The number of nitrogens with zero attached hydrogens (tertiary/aromatic N) is 3. The number of hydrogen-bond acceptors (Lipinski definition) is 7. The maximum atomic E-state index is 13.8. The van der Waals surface area contributed by atoms with E-state index in [1.165, 1.54) is 4.90 Å². The predicted molar refractivity (Wildman–Crippen MR) is 163 cm³/mol. The zero-order valence-corrected chi connectivity index (χ0v) is 25.2. The van der Waals surface area contributed by atoms with Crippen LogP contribution in [0.1, 0.15) is 48.7 Å². The third-order valence-electron chi connectivity index (χ3n) is 8.09. The lowest BCUT2D eigenvalue weighted by molar-refractivity contribution is -0.144. The third-order valence-corrected chi connectivity index (χ3v) is 8.09. The smallest absolute Gasteiger partial charge is 0.321 e. The molecule has 2 aliphatic rings. The predicted octanol–water partition coefficient (Wildman–Crippen LogP) is 4.17. The monoisotopic (exact) mass is 633 g/mol. The van der Waals surface area contributed by atoms with Crippen molar-refractivity contribution in [2.24, 2.45) is 5.73 Å². The highest BCUT2D eigenvalue weighted by Crippen LogP contribution is 2.36. The number of amides is 3. The Bertz CT molecular complexity index is 1800. The minimum absolute atomic E-state index is 0.275. The summed E-state index contributed by atoms with van der Waals surface area (Å²) in [7, 11) is 0. The van der Waals surface area contributed by atoms with Gasteiger partial charge >= 0.3 is 5.92 Å². The van der Waals surface area contributed by atoms with Gasteiger partial charge in [0.05, 0.1) is 23.4 Å². The summed E-state index contributed by atoms with van der Waals surface area (Å²) < 4.78 is 46.9. The maximum Gasteiger partial charge on any atom is 0.321 e. The van der Waals surface area contributed by atoms with Crippen LogP contribution in [0.5, 0.6) is 17.2 Å². The van der Waals surface area contributed by atoms with Gasteiger partial charge in [-0.15, -0.1) is 0 Å². The SMILES string of the molecule is C[C@H](NC(=O)C(C)(F)F)[C@H](Oc1ccc2c(cnn2-c2cccc(C(=O)N3CCC[C@@H]3C(N)=O)c2)c1)c1ccc2c(c1)OCCO2. The number of aromatic nitrogens is 2. The number of nitrogens with one attached hydrogen (secondary N) is 1. The van der Waals surface area contributed by atoms with Gasteiger partial charge in [0.25, 0.3) is 11.8 Å². The normalized spacial score (nSPS) is 17.4. The molecule has 0 spiro atoms. The fourth-order valence-corrected chi connectivity index (χ4v) is 5.78. The van der Waals surface area contributed by atoms with Gasteiger partial charge in [-0.05, 0) is 73.9 Å². The van der Waals surface area contributed by atoms with Gasteiger partial charge in [-0.2, -0.15) is 13.9 Å². The van der Waals surface area contributed by atoms with E-state index in [0.717, 1.165) is 5.52 Å². The van der Waals surface area contributed by atoms with Crippen LogP contribution in [0, 0.1) is 0 Å². The van der Waals surface area contributed by atoms with Crippen molar-refractivity contribution in [2.75, 3.05) is 19.8 Å². The summed E-state index contributed by atoms with van der Waals surface area (Å²) in [5, 5.41) is 7.60. The number of primary amides is 1. The first-order valence-corrected chi connectivity index (χ1v) is 14.9. The second-order valence-electron chi connectivity index (χ2n) is 11.5. The average Bonchev–Trinajstić information content (AvgIpc) is 3.70. The number of fused-ring (bicyclic) bond motifs is 2. The minimum Gasteiger partial charge on any atom is -0.486 e. The van der Waals surface area contributed by atoms with Gasteiger partial charge in [0.1, 0.15) is 31.1 Å². The first-order valence-electron chi connectivity index (χ1n) is 14.9. The van der Waals surface area contributed by atoms with Gasteiger partial charge in [-0.1, -0.05) is 12.1 Å². The number of carbonyl (C=O) groups excluding carboxylic acids is 3. The molecule has 46 heavy (non-hydrogen) atoms. The molecule has 2 aliphatic heterocycles. The van der Waals surface area contributed by atoms with Crippen LogP contribution < -0.4 is 25.3 Å². The number of ether oxygens (including phenoxy) is 3. The fraction of sp³-hybridized carbons (Fsp3) is 0.333. The molecule has 4 aromatic rings. The van der Waals surface area contributed by atoms with Crippen LogP contribution >= 0.6 is 0 Å². The molecule has 1 saturated heterocycles. The zero-order chi connectivity index (χ0) is 32.6. The van der Waals surface area contributed by atoms with Gasteiger partial charge in [0.15, 0.2) is 11.5 Å². The van der Waals surface area contributed by atoms with Crippen LogP contribution in [-0.2, 0) is 9.59 Å². The minimum atomic E-state index is -3.57. The molecule has 3 N–H and O–H groups in total. The Labute approximate surface area is 263 Å². The van der Waals surface area contributed by atoms with Crippen LogP contribution in [0.4, 0.5) is 8.78 Å². The molecular formula is C33H33F2N5O6. The maximum absolute atomic E-state index is 13.8. The van der Waals surface area contributed by atoms with Crippen molar-refractivity contribution in [3.8, 4) is 22.9 Å². The highest BCUT2D eigenvalue weighted by molar-refractivity contribution is 5.98. The number of carbonyl (C=O) groups is 3. The number of hydrogen-bond donors (Lipinski definition) is 2. The summed E-state index contributed by atoms with van der Waals surface area (Å²) in [4.78, 5) is 38.8. The van der Waals surface area contributed by atoms with Crippen LogP contribution in [0.15, 0.2) is 66.9 Å². The lowest BCUT2D eigenvalue weighted by Gasteiger charge is -2.28. The summed E-state index contributed by atoms with van der Waals surface area (Å²) in [6.45, 7) is 3.35. The lowest BCUT2D eigenvalue weighted by atomic mass is 10.0. The Hall–Kier alpha value is -5.20. The third kappa shape index (κ3) is 6.17. The molecule has 0 unspecified atom stereocenters. The molecule has 3 aromatic carbocycles. The van der Waals surface area contributed by atoms with Gasteiger partial charge in [0, 0.05) is 24.4 Å². The highest BCUT2D eigenvalue weighted by atomic mass is 19.3. The van der Waals surface area contributed by atoms with Crippen LogP contribution in [0.25, 0.3) is 16.6 Å². The Kier molecular flexibility index (Phi) is 8.24. The molecule has 3 heterocycles. The van der Waals surface area contributed by atoms with E-state index in [-0.39, 0.29) is 5.91 Å². The second kappa shape index (κ2) is 12.3. The Morgan fingerprint density at radius 3 is 2.61 bits per heavy atom. The van der Waals surface area contributed by atoms with Crippen molar-refractivity contribution in [1.82, 2.24) is 20.0 Å². The highest BCUT2D eigenvalue weighted by Gasteiger charge is 2.36. The quantitative estimate of drug-likeness (QED) is 0.282. The van der Waals surface area contributed by atoms with Crippen LogP contribution in [0.2, 0.25) is 0 Å². The zero-order valence-electron chi connectivity index (χ0n) is 25.2. The number of nitrogens with two attached hydrogens (primary N) is 1. The number of halogens is 2. The second-order valence-corrected chi connectivity index (χ2v) is 11.5. The molecular weight excluding hydrogens is 600 g/mol. The number of rotatable bonds is 9. The summed E-state index contributed by atoms with van der Waals surface area (Å²) in [5.74, 6) is -4.33. The summed E-state index contributed by atoms with van der Waals surface area (Å²) in [5.41, 5.74) is 7.86. The van der Waals surface area contributed by atoms with E-state index < -0.39 is 35.9 Å². The van der Waals surface area contributed by atoms with E-state index >= 15 is 0 Å². The molecule has 0 aliphatic carbocycles. The lowest BCUT2D eigenvalue weighted by Crippen LogP contribution is -2.46. The molecule has 240 valence electrons. The van der Waals surface area contributed by atoms with E-state index in [1.54, 1.807) is 72.4 Å². The molecule has 0 radical (unpaired) electrons. The van der Waals surface area contributed by atoms with Crippen molar-refractivity contribution in [2.45, 2.75) is 50.8 Å². The van der Waals surface area contributed by atoms with Gasteiger partial charge in [-0.3, -0.25) is 14.4 Å². The number of benzene rings is 3. The van der Waals surface area contributed by atoms with Crippen molar-refractivity contribution < 1.29 is 37.4 Å². The molecule has 1 aromatic heterocycles. The van der Waals surface area contributed by atoms with Crippen LogP contribution in [0.3, 0.4) is 0 Å². The van der Waals surface area contributed by atoms with Crippen molar-refractivity contribution in [3.05, 3.63) is 78.0 Å². The number of alkyl halides is 2. The van der Waals surface area contributed by atoms with Gasteiger partial charge in [0.2, 0.25) is 5.91 Å². The van der Waals surface area contributed by atoms with Crippen molar-refractivity contribution in [1.29, 1.82) is 0 Å². The Morgan fingerprint density at radius 2 is 1.85 bits per heavy atom. The van der Waals surface area contributed by atoms with Gasteiger partial charge < -0.3 is 30.2 Å². The molecule has 1 fully saturated rings. The summed E-state index contributed by atoms with van der Waals surface area (Å²) in [6, 6.07) is 15.9. The summed E-state index contributed by atoms with van der Waals surface area (Å²) in [6.07, 6.45) is 2.02. The first kappa shape index (κ1) is 30.8. The molecule has 11 nitrogen and oxygen atoms in total. The number of likely N-dealkylation sites (tertiary alicyclic amines) is 1. The van der Waals surface area contributed by atoms with E-state index in [1.807, 2.05) is 6.07 Å². The Balaban J connectivity index is 1.27. The van der Waals surface area contributed by atoms with E-state index in [9.17, 15) is 23.2 Å². The van der Waals surface area contributed by atoms with Crippen LogP contribution in [-0.4, -0.2) is 70.2 Å². The van der Waals surface area contributed by atoms with Crippen molar-refractivity contribution >= 4 is 28.6 Å². The molecule has 13 heteroatoms. The molecule has 6 rings (SSSR count). The molecule has 3 atom stereocenters. The summed E-state index contributed by atoms with van der Waals surface area (Å²) >= 11 is 0. The fourth-order valence-electron chi connectivity index (χ4n) is 5.78. The average molecular weight is 634 g/mol. The molecule has 0 bridgehead atoms. The van der Waals surface area contributed by atoms with Crippen molar-refractivity contribution in [3.63, 3.8) is 0 Å². The first-order chi connectivity index (χ1) is 22.0. The van der Waals surface area contributed by atoms with Gasteiger partial charge in [-0.25, -0.2) is 4.68 Å². The van der Waals surface area contributed by atoms with E-state index in [4.69, 9.17) is 19.9 Å². The van der Waals surface area contributed by atoms with E-state index in [2.05, 4.69) is 10.4 Å². The Morgan fingerprint density at radius 1 is 1.07 bits per heavy atom. The topological polar surface area (TPSA) is 138 Å². The largest absolute Gasteiger partial charge is 0.486 e. The molecule has 0 saturated carbocycles. The van der Waals surface area contributed by atoms with E-state index in [0.29, 0.717) is 79.0 Å². The standard InChI is InChI=1S/C33H33F2N5O6/c1-19(38-32(43)33(2,34)35)29(20-8-11-27-28(17-20)45-14-13-44-27)46-24-9-10-25-22(16-24)18-37-40(25)23-6-3-5-21(15-23)31(42)39-12-4-7-26(39)30(36)41/h3,5-6,8-11,15-19,26,29H,4,7,12-14H2,1-2H3,(H2,36,41)(H,38,43)/t19-,26+,29-/m0/s1. The molecule has 3 amide bonds.